The van der Waals surface area contributed by atoms with Crippen molar-refractivity contribution in [3.05, 3.63) is 65.7 Å². The Hall–Kier alpha value is -1.69. The number of piperidine rings is 1. The van der Waals surface area contributed by atoms with Crippen LogP contribution in [0.25, 0.3) is 0 Å². The lowest BCUT2D eigenvalue weighted by molar-refractivity contribution is 0.304. The highest BCUT2D eigenvalue weighted by Crippen LogP contribution is 2.24. The fraction of sp³-hybridized carbons (Fsp3) is 0.368. The molecule has 0 unspecified atom stereocenters. The Bertz CT molecular complexity index is 775. The zero-order valence-electron chi connectivity index (χ0n) is 13.9. The van der Waals surface area contributed by atoms with Crippen LogP contribution in [0.1, 0.15) is 30.0 Å². The minimum atomic E-state index is -3.21. The van der Waals surface area contributed by atoms with Crippen LogP contribution in [0.2, 0.25) is 0 Å². The predicted molar refractivity (Wildman–Crippen MR) is 96.6 cm³/mol. The molecule has 0 amide bonds. The normalized spacial score (nSPS) is 21.5. The second-order valence-electron chi connectivity index (χ2n) is 6.35. The van der Waals surface area contributed by atoms with Crippen molar-refractivity contribution in [1.82, 2.24) is 10.6 Å². The number of rotatable bonds is 5. The molecule has 1 heterocycles. The van der Waals surface area contributed by atoms with Crippen molar-refractivity contribution in [1.29, 1.82) is 0 Å². The lowest BCUT2D eigenvalue weighted by Crippen LogP contribution is -2.45. The average molecular weight is 344 g/mol. The highest BCUT2D eigenvalue weighted by atomic mass is 32.2. The first-order valence-electron chi connectivity index (χ1n) is 8.35. The molecule has 4 nitrogen and oxygen atoms in total. The molecule has 0 spiro atoms. The molecule has 1 fully saturated rings. The summed E-state index contributed by atoms with van der Waals surface area (Å²) in [4.78, 5) is 0.414. The van der Waals surface area contributed by atoms with Gasteiger partial charge >= 0.3 is 0 Å². The van der Waals surface area contributed by atoms with Crippen LogP contribution < -0.4 is 10.6 Å². The second kappa shape index (κ2) is 7.47. The van der Waals surface area contributed by atoms with Crippen molar-refractivity contribution in [3.63, 3.8) is 0 Å². The minimum absolute atomic E-state index is 0.255. The first kappa shape index (κ1) is 17.1. The predicted octanol–water partition coefficient (Wildman–Crippen LogP) is 2.67. The minimum Gasteiger partial charge on any atom is -0.309 e. The summed E-state index contributed by atoms with van der Waals surface area (Å²) in [5.74, 6) is 0. The number of hydrogen-bond acceptors (Lipinski definition) is 4. The number of benzene rings is 2. The molecule has 1 saturated heterocycles. The van der Waals surface area contributed by atoms with E-state index in [9.17, 15) is 8.42 Å². The largest absolute Gasteiger partial charge is 0.309 e. The summed E-state index contributed by atoms with van der Waals surface area (Å²) in [6.45, 7) is 1.57. The number of sulfone groups is 1. The molecule has 0 aliphatic carbocycles. The molecule has 2 aromatic rings. The third-order valence-corrected chi connectivity index (χ3v) is 5.74. The Kier molecular flexibility index (Phi) is 5.33. The molecule has 1 aliphatic heterocycles. The van der Waals surface area contributed by atoms with Crippen LogP contribution in [-0.2, 0) is 16.4 Å². The van der Waals surface area contributed by atoms with Gasteiger partial charge in [-0.15, -0.1) is 0 Å². The van der Waals surface area contributed by atoms with Crippen molar-refractivity contribution in [2.24, 2.45) is 0 Å². The van der Waals surface area contributed by atoms with Crippen molar-refractivity contribution in [3.8, 4) is 0 Å². The van der Waals surface area contributed by atoms with Gasteiger partial charge in [0.05, 0.1) is 4.90 Å². The van der Waals surface area contributed by atoms with E-state index in [-0.39, 0.29) is 12.1 Å². The Morgan fingerprint density at radius 3 is 2.54 bits per heavy atom. The molecular weight excluding hydrogens is 320 g/mol. The van der Waals surface area contributed by atoms with Gasteiger partial charge in [-0.3, -0.25) is 0 Å². The standard InChI is InChI=1S/C19H24N2O2S/c1-24(22,23)18-12-6-5-10-16(18)14-21-17-11-7-13-20-19(17)15-8-3-2-4-9-15/h2-6,8-10,12,17,19-21H,7,11,13-14H2,1H3/t17-,19-/m1/s1. The van der Waals surface area contributed by atoms with Crippen molar-refractivity contribution >= 4 is 9.84 Å². The van der Waals surface area contributed by atoms with Crippen LogP contribution >= 0.6 is 0 Å². The van der Waals surface area contributed by atoms with E-state index in [1.165, 1.54) is 11.8 Å². The third-order valence-electron chi connectivity index (χ3n) is 4.54. The van der Waals surface area contributed by atoms with E-state index < -0.39 is 9.84 Å². The molecule has 128 valence electrons. The summed E-state index contributed by atoms with van der Waals surface area (Å²) in [6.07, 6.45) is 3.46. The zero-order chi connectivity index (χ0) is 17.0. The highest BCUT2D eigenvalue weighted by Gasteiger charge is 2.26. The molecule has 1 aliphatic rings. The van der Waals surface area contributed by atoms with E-state index in [1.807, 2.05) is 18.2 Å². The zero-order valence-corrected chi connectivity index (χ0v) is 14.7. The second-order valence-corrected chi connectivity index (χ2v) is 8.34. The van der Waals surface area contributed by atoms with E-state index in [0.717, 1.165) is 24.9 Å². The first-order valence-corrected chi connectivity index (χ1v) is 10.2. The number of hydrogen-bond donors (Lipinski definition) is 2. The van der Waals surface area contributed by atoms with Gasteiger partial charge in [0.1, 0.15) is 0 Å². The summed E-state index contributed by atoms with van der Waals surface area (Å²) in [7, 11) is -3.21. The van der Waals surface area contributed by atoms with E-state index in [1.54, 1.807) is 12.1 Å². The van der Waals surface area contributed by atoms with Gasteiger partial charge in [0.2, 0.25) is 0 Å². The lowest BCUT2D eigenvalue weighted by atomic mass is 9.92. The molecule has 24 heavy (non-hydrogen) atoms. The summed E-state index contributed by atoms with van der Waals surface area (Å²) in [6, 6.07) is 18.2. The van der Waals surface area contributed by atoms with Crippen LogP contribution in [0, 0.1) is 0 Å². The topological polar surface area (TPSA) is 58.2 Å². The molecule has 0 saturated carbocycles. The van der Waals surface area contributed by atoms with Gasteiger partial charge < -0.3 is 10.6 Å². The van der Waals surface area contributed by atoms with Gasteiger partial charge in [-0.1, -0.05) is 48.5 Å². The molecule has 2 atom stereocenters. The maximum absolute atomic E-state index is 12.0. The highest BCUT2D eigenvalue weighted by molar-refractivity contribution is 7.90. The van der Waals surface area contributed by atoms with Gasteiger partial charge in [-0.05, 0) is 36.6 Å². The van der Waals surface area contributed by atoms with E-state index in [0.29, 0.717) is 11.4 Å². The van der Waals surface area contributed by atoms with Crippen LogP contribution in [-0.4, -0.2) is 27.3 Å². The van der Waals surface area contributed by atoms with Gasteiger partial charge in [0, 0.05) is 24.9 Å². The molecule has 2 aromatic carbocycles. The fourth-order valence-electron chi connectivity index (χ4n) is 3.37. The SMILES string of the molecule is CS(=O)(=O)c1ccccc1CN[C@@H]1CCCN[C@@H]1c1ccccc1. The number of nitrogens with one attached hydrogen (secondary N) is 2. The third kappa shape index (κ3) is 4.04. The first-order chi connectivity index (χ1) is 11.6. The smallest absolute Gasteiger partial charge is 0.175 e. The van der Waals surface area contributed by atoms with E-state index in [2.05, 4.69) is 34.9 Å². The molecule has 3 rings (SSSR count). The summed E-state index contributed by atoms with van der Waals surface area (Å²) in [5, 5.41) is 7.16. The lowest BCUT2D eigenvalue weighted by Gasteiger charge is -2.34. The Labute approximate surface area is 144 Å². The van der Waals surface area contributed by atoms with Crippen molar-refractivity contribution in [2.75, 3.05) is 12.8 Å². The molecule has 2 N–H and O–H groups in total. The summed E-state index contributed by atoms with van der Waals surface area (Å²) >= 11 is 0. The maximum atomic E-state index is 12.0. The van der Waals surface area contributed by atoms with Gasteiger partial charge in [0.15, 0.2) is 9.84 Å². The van der Waals surface area contributed by atoms with Gasteiger partial charge in [-0.25, -0.2) is 8.42 Å². The van der Waals surface area contributed by atoms with Crippen LogP contribution in [0.5, 0.6) is 0 Å². The maximum Gasteiger partial charge on any atom is 0.175 e. The molecule has 0 aromatic heterocycles. The fourth-order valence-corrected chi connectivity index (χ4v) is 4.31. The Balaban J connectivity index is 1.76. The van der Waals surface area contributed by atoms with Crippen molar-refractivity contribution < 1.29 is 8.42 Å². The molecule has 0 radical (unpaired) electrons. The average Bonchev–Trinajstić information content (AvgIpc) is 2.60. The van der Waals surface area contributed by atoms with E-state index >= 15 is 0 Å². The Morgan fingerprint density at radius 2 is 1.79 bits per heavy atom. The van der Waals surface area contributed by atoms with Crippen LogP contribution in [0.4, 0.5) is 0 Å². The Morgan fingerprint density at radius 1 is 1.08 bits per heavy atom. The van der Waals surface area contributed by atoms with E-state index in [4.69, 9.17) is 0 Å². The molecule has 0 bridgehead atoms. The van der Waals surface area contributed by atoms with Gasteiger partial charge in [-0.2, -0.15) is 0 Å². The monoisotopic (exact) mass is 344 g/mol. The summed E-state index contributed by atoms with van der Waals surface area (Å²) in [5.41, 5.74) is 2.10. The molecule has 5 heteroatoms. The summed E-state index contributed by atoms with van der Waals surface area (Å²) < 4.78 is 23.9. The van der Waals surface area contributed by atoms with Crippen molar-refractivity contribution in [2.45, 2.75) is 36.4 Å². The van der Waals surface area contributed by atoms with Crippen LogP contribution in [0.15, 0.2) is 59.5 Å². The van der Waals surface area contributed by atoms with Crippen LogP contribution in [0.3, 0.4) is 0 Å². The quantitative estimate of drug-likeness (QED) is 0.875. The van der Waals surface area contributed by atoms with Gasteiger partial charge in [0.25, 0.3) is 0 Å². The molecular formula is C19H24N2O2S.